The van der Waals surface area contributed by atoms with E-state index < -0.39 is 0 Å². The Bertz CT molecular complexity index is 412. The van der Waals surface area contributed by atoms with Crippen LogP contribution in [-0.4, -0.2) is 5.91 Å². The van der Waals surface area contributed by atoms with Crippen molar-refractivity contribution >= 4 is 11.6 Å². The molecular formula is C12H14FNO. The minimum absolute atomic E-state index is 0.0984. The Labute approximate surface area is 88.5 Å². The van der Waals surface area contributed by atoms with Crippen molar-refractivity contribution in [3.8, 4) is 0 Å². The lowest BCUT2D eigenvalue weighted by Gasteiger charge is -2.19. The van der Waals surface area contributed by atoms with Crippen molar-refractivity contribution in [2.45, 2.75) is 32.6 Å². The van der Waals surface area contributed by atoms with Gasteiger partial charge in [-0.25, -0.2) is 4.39 Å². The van der Waals surface area contributed by atoms with Crippen LogP contribution in [-0.2, 0) is 11.2 Å². The third-order valence-corrected chi connectivity index (χ3v) is 2.75. The van der Waals surface area contributed by atoms with E-state index in [1.807, 2.05) is 19.9 Å². The van der Waals surface area contributed by atoms with E-state index in [0.29, 0.717) is 24.4 Å². The fourth-order valence-electron chi connectivity index (χ4n) is 1.81. The van der Waals surface area contributed by atoms with Gasteiger partial charge in [-0.3, -0.25) is 4.79 Å². The zero-order valence-corrected chi connectivity index (χ0v) is 8.93. The Morgan fingerprint density at radius 2 is 2.07 bits per heavy atom. The molecule has 0 aliphatic carbocycles. The van der Waals surface area contributed by atoms with Crippen molar-refractivity contribution in [3.63, 3.8) is 0 Å². The van der Waals surface area contributed by atoms with E-state index in [2.05, 4.69) is 5.32 Å². The molecule has 1 N–H and O–H groups in total. The quantitative estimate of drug-likeness (QED) is 0.753. The van der Waals surface area contributed by atoms with E-state index >= 15 is 0 Å². The first-order valence-corrected chi connectivity index (χ1v) is 5.20. The molecule has 0 spiro atoms. The number of hydrogen-bond donors (Lipinski definition) is 1. The van der Waals surface area contributed by atoms with Gasteiger partial charge in [0.25, 0.3) is 0 Å². The number of amides is 1. The Balaban J connectivity index is 2.47. The van der Waals surface area contributed by atoms with Gasteiger partial charge < -0.3 is 5.32 Å². The lowest BCUT2D eigenvalue weighted by atomic mass is 9.95. The number of fused-ring (bicyclic) bond motifs is 1. The van der Waals surface area contributed by atoms with Crippen LogP contribution >= 0.6 is 0 Å². The van der Waals surface area contributed by atoms with Crippen LogP contribution in [0.2, 0.25) is 0 Å². The van der Waals surface area contributed by atoms with Crippen molar-refractivity contribution in [2.75, 3.05) is 5.32 Å². The zero-order chi connectivity index (χ0) is 11.0. The maximum Gasteiger partial charge on any atom is 0.224 e. The number of anilines is 1. The highest BCUT2D eigenvalue weighted by atomic mass is 19.1. The van der Waals surface area contributed by atoms with Gasteiger partial charge in [0.15, 0.2) is 0 Å². The summed E-state index contributed by atoms with van der Waals surface area (Å²) in [5.41, 5.74) is 2.27. The fraction of sp³-hybridized carbons (Fsp3) is 0.417. The predicted octanol–water partition coefficient (Wildman–Crippen LogP) is 2.83. The average Bonchev–Trinajstić information content (AvgIpc) is 2.18. The molecule has 2 rings (SSSR count). The summed E-state index contributed by atoms with van der Waals surface area (Å²) in [6.45, 7) is 4.06. The number of hydrogen-bond acceptors (Lipinski definition) is 1. The molecule has 1 aromatic rings. The lowest BCUT2D eigenvalue weighted by Crippen LogP contribution is -2.20. The second-order valence-corrected chi connectivity index (χ2v) is 4.24. The van der Waals surface area contributed by atoms with E-state index in [-0.39, 0.29) is 11.7 Å². The van der Waals surface area contributed by atoms with Crippen LogP contribution in [0.15, 0.2) is 12.1 Å². The molecule has 1 aromatic carbocycles. The number of halogens is 1. The Kier molecular flexibility index (Phi) is 2.47. The van der Waals surface area contributed by atoms with Crippen LogP contribution in [0.5, 0.6) is 0 Å². The number of benzene rings is 1. The van der Waals surface area contributed by atoms with Gasteiger partial charge >= 0.3 is 0 Å². The Morgan fingerprint density at radius 3 is 2.73 bits per heavy atom. The van der Waals surface area contributed by atoms with Crippen LogP contribution in [0.25, 0.3) is 0 Å². The van der Waals surface area contributed by atoms with Crippen molar-refractivity contribution in [2.24, 2.45) is 0 Å². The molecule has 0 bridgehead atoms. The normalized spacial score (nSPS) is 15.1. The predicted molar refractivity (Wildman–Crippen MR) is 57.4 cm³/mol. The van der Waals surface area contributed by atoms with Crippen LogP contribution in [0.4, 0.5) is 10.1 Å². The molecule has 0 aromatic heterocycles. The molecule has 0 radical (unpaired) electrons. The first-order chi connectivity index (χ1) is 7.08. The summed E-state index contributed by atoms with van der Waals surface area (Å²) in [6.07, 6.45) is 1.09. The molecule has 0 saturated heterocycles. The molecule has 3 heteroatoms. The van der Waals surface area contributed by atoms with E-state index in [1.54, 1.807) is 0 Å². The van der Waals surface area contributed by atoms with Crippen molar-refractivity contribution in [1.29, 1.82) is 0 Å². The Morgan fingerprint density at radius 1 is 1.33 bits per heavy atom. The summed E-state index contributed by atoms with van der Waals surface area (Å²) >= 11 is 0. The zero-order valence-electron chi connectivity index (χ0n) is 8.93. The summed E-state index contributed by atoms with van der Waals surface area (Å²) in [5, 5.41) is 2.58. The van der Waals surface area contributed by atoms with Crippen LogP contribution in [0, 0.1) is 5.82 Å². The second-order valence-electron chi connectivity index (χ2n) is 4.24. The van der Waals surface area contributed by atoms with Gasteiger partial charge in [0, 0.05) is 6.42 Å². The highest BCUT2D eigenvalue weighted by molar-refractivity contribution is 5.94. The molecule has 80 valence electrons. The topological polar surface area (TPSA) is 29.1 Å². The molecular weight excluding hydrogens is 193 g/mol. The maximum absolute atomic E-state index is 13.7. The number of carbonyl (C=O) groups excluding carboxylic acids is 1. The van der Waals surface area contributed by atoms with E-state index in [1.165, 1.54) is 6.07 Å². The van der Waals surface area contributed by atoms with Crippen LogP contribution in [0.3, 0.4) is 0 Å². The van der Waals surface area contributed by atoms with Gasteiger partial charge in [-0.1, -0.05) is 19.9 Å². The van der Waals surface area contributed by atoms with Gasteiger partial charge in [-0.15, -0.1) is 0 Å². The summed E-state index contributed by atoms with van der Waals surface area (Å²) in [6, 6.07) is 3.50. The number of carbonyl (C=O) groups is 1. The van der Waals surface area contributed by atoms with Crippen molar-refractivity contribution < 1.29 is 9.18 Å². The van der Waals surface area contributed by atoms with Gasteiger partial charge in [-0.2, -0.15) is 0 Å². The van der Waals surface area contributed by atoms with Crippen LogP contribution < -0.4 is 5.32 Å². The van der Waals surface area contributed by atoms with Gasteiger partial charge in [0.05, 0.1) is 5.69 Å². The monoisotopic (exact) mass is 207 g/mol. The molecule has 0 atom stereocenters. The molecule has 1 amide bonds. The highest BCUT2D eigenvalue weighted by Crippen LogP contribution is 2.29. The van der Waals surface area contributed by atoms with E-state index in [4.69, 9.17) is 0 Å². The largest absolute Gasteiger partial charge is 0.323 e. The third kappa shape index (κ3) is 1.87. The van der Waals surface area contributed by atoms with Crippen molar-refractivity contribution in [1.82, 2.24) is 0 Å². The number of rotatable bonds is 1. The summed E-state index contributed by atoms with van der Waals surface area (Å²) in [7, 11) is 0. The number of aryl methyl sites for hydroxylation is 1. The molecule has 0 unspecified atom stereocenters. The number of nitrogens with one attached hydrogen (secondary N) is 1. The van der Waals surface area contributed by atoms with Crippen LogP contribution in [0.1, 0.15) is 37.3 Å². The van der Waals surface area contributed by atoms with E-state index in [9.17, 15) is 9.18 Å². The van der Waals surface area contributed by atoms with Gasteiger partial charge in [0.2, 0.25) is 5.91 Å². The van der Waals surface area contributed by atoms with E-state index in [0.717, 1.165) is 11.1 Å². The van der Waals surface area contributed by atoms with Gasteiger partial charge in [-0.05, 0) is 29.5 Å². The average molecular weight is 207 g/mol. The minimum atomic E-state index is -0.316. The minimum Gasteiger partial charge on any atom is -0.323 e. The third-order valence-electron chi connectivity index (χ3n) is 2.75. The Hall–Kier alpha value is -1.38. The molecule has 1 heterocycles. The fourth-order valence-corrected chi connectivity index (χ4v) is 1.81. The molecule has 0 saturated carbocycles. The summed E-state index contributed by atoms with van der Waals surface area (Å²) in [5.74, 6) is -0.106. The molecule has 2 nitrogen and oxygen atoms in total. The summed E-state index contributed by atoms with van der Waals surface area (Å²) in [4.78, 5) is 11.1. The second kappa shape index (κ2) is 3.65. The lowest BCUT2D eigenvalue weighted by molar-refractivity contribution is -0.116. The standard InChI is InChI=1S/C12H14FNO/c1-7(2)9-5-8-3-4-11(15)14-12(8)10(13)6-9/h5-7H,3-4H2,1-2H3,(H,14,15). The first-order valence-electron chi connectivity index (χ1n) is 5.20. The SMILES string of the molecule is CC(C)c1cc(F)c2c(c1)CCC(=O)N2. The molecule has 1 aliphatic heterocycles. The highest BCUT2D eigenvalue weighted by Gasteiger charge is 2.19. The van der Waals surface area contributed by atoms with Crippen molar-refractivity contribution in [3.05, 3.63) is 29.1 Å². The summed E-state index contributed by atoms with van der Waals surface area (Å²) < 4.78 is 13.7. The molecule has 15 heavy (non-hydrogen) atoms. The maximum atomic E-state index is 13.7. The first kappa shape index (κ1) is 10.1. The molecule has 1 aliphatic rings. The van der Waals surface area contributed by atoms with Gasteiger partial charge in [0.1, 0.15) is 5.82 Å². The smallest absolute Gasteiger partial charge is 0.224 e. The molecule has 0 fully saturated rings.